The van der Waals surface area contributed by atoms with Crippen LogP contribution in [0.5, 0.6) is 5.75 Å². The number of hydrogen-bond donors (Lipinski definition) is 1. The second kappa shape index (κ2) is 4.01. The molecule has 1 aliphatic heterocycles. The van der Waals surface area contributed by atoms with Gasteiger partial charge in [0.05, 0.1) is 7.11 Å². The number of ether oxygens (including phenoxy) is 1. The average Bonchev–Trinajstić information content (AvgIpc) is 2.65. The summed E-state index contributed by atoms with van der Waals surface area (Å²) in [6.45, 7) is 4.51. The molecule has 1 aromatic carbocycles. The van der Waals surface area contributed by atoms with Gasteiger partial charge >= 0.3 is 0 Å². The summed E-state index contributed by atoms with van der Waals surface area (Å²) in [6.07, 6.45) is 0. The van der Waals surface area contributed by atoms with E-state index < -0.39 is 0 Å². The summed E-state index contributed by atoms with van der Waals surface area (Å²) < 4.78 is 5.23. The van der Waals surface area contributed by atoms with Gasteiger partial charge in [-0.3, -0.25) is 0 Å². The van der Waals surface area contributed by atoms with Crippen molar-refractivity contribution in [3.05, 3.63) is 29.8 Å². The molecule has 0 bridgehead atoms. The Morgan fingerprint density at radius 2 is 2.21 bits per heavy atom. The monoisotopic (exact) mass is 191 g/mol. The first-order chi connectivity index (χ1) is 6.81. The molecule has 0 aromatic heterocycles. The summed E-state index contributed by atoms with van der Waals surface area (Å²) in [5, 5.41) is 3.42. The van der Waals surface area contributed by atoms with Gasteiger partial charge in [0.25, 0.3) is 0 Å². The van der Waals surface area contributed by atoms with Crippen molar-refractivity contribution in [3.8, 4) is 5.75 Å². The van der Waals surface area contributed by atoms with E-state index in [1.807, 2.05) is 6.07 Å². The molecule has 0 aliphatic carbocycles. The first kappa shape index (κ1) is 9.53. The Hall–Kier alpha value is -1.02. The molecule has 14 heavy (non-hydrogen) atoms. The third-order valence-electron chi connectivity index (χ3n) is 3.04. The lowest BCUT2D eigenvalue weighted by molar-refractivity contribution is 0.413. The first-order valence-electron chi connectivity index (χ1n) is 5.16. The highest BCUT2D eigenvalue weighted by atomic mass is 16.5. The van der Waals surface area contributed by atoms with Crippen LogP contribution in [0.25, 0.3) is 0 Å². The molecular formula is C12H17NO. The Balaban J connectivity index is 2.22. The third-order valence-corrected chi connectivity index (χ3v) is 3.04. The zero-order valence-corrected chi connectivity index (χ0v) is 8.79. The Kier molecular flexibility index (Phi) is 2.73. The summed E-state index contributed by atoms with van der Waals surface area (Å²) >= 11 is 0. The average molecular weight is 191 g/mol. The first-order valence-corrected chi connectivity index (χ1v) is 5.16. The fourth-order valence-electron chi connectivity index (χ4n) is 2.13. The molecule has 1 fully saturated rings. The number of nitrogens with one attached hydrogen (secondary N) is 1. The van der Waals surface area contributed by atoms with Gasteiger partial charge in [-0.2, -0.15) is 0 Å². The molecule has 1 N–H and O–H groups in total. The molecule has 1 heterocycles. The van der Waals surface area contributed by atoms with E-state index in [4.69, 9.17) is 4.74 Å². The molecule has 0 spiro atoms. The molecule has 2 nitrogen and oxygen atoms in total. The van der Waals surface area contributed by atoms with Gasteiger partial charge in [-0.25, -0.2) is 0 Å². The van der Waals surface area contributed by atoms with Crippen molar-refractivity contribution in [3.63, 3.8) is 0 Å². The summed E-state index contributed by atoms with van der Waals surface area (Å²) in [6, 6.07) is 8.40. The summed E-state index contributed by atoms with van der Waals surface area (Å²) in [5.74, 6) is 2.33. The maximum atomic E-state index is 5.23. The van der Waals surface area contributed by atoms with E-state index in [-0.39, 0.29) is 0 Å². The van der Waals surface area contributed by atoms with Gasteiger partial charge in [0, 0.05) is 12.5 Å². The summed E-state index contributed by atoms with van der Waals surface area (Å²) in [7, 11) is 1.72. The van der Waals surface area contributed by atoms with Gasteiger partial charge in [-0.05, 0) is 30.2 Å². The second-order valence-corrected chi connectivity index (χ2v) is 4.02. The van der Waals surface area contributed by atoms with Crippen molar-refractivity contribution in [1.82, 2.24) is 5.32 Å². The van der Waals surface area contributed by atoms with Gasteiger partial charge in [0.1, 0.15) is 5.75 Å². The van der Waals surface area contributed by atoms with Crippen LogP contribution in [0.2, 0.25) is 0 Å². The lowest BCUT2D eigenvalue weighted by atomic mass is 9.90. The van der Waals surface area contributed by atoms with Gasteiger partial charge in [0.15, 0.2) is 0 Å². The lowest BCUT2D eigenvalue weighted by Gasteiger charge is -2.15. The maximum absolute atomic E-state index is 5.23. The molecule has 1 aromatic rings. The number of rotatable bonds is 2. The number of benzene rings is 1. The highest BCUT2D eigenvalue weighted by molar-refractivity contribution is 5.32. The quantitative estimate of drug-likeness (QED) is 0.772. The van der Waals surface area contributed by atoms with E-state index in [1.165, 1.54) is 5.56 Å². The highest BCUT2D eigenvalue weighted by Crippen LogP contribution is 2.29. The third kappa shape index (κ3) is 1.75. The van der Waals surface area contributed by atoms with Crippen LogP contribution in [0.1, 0.15) is 18.4 Å². The largest absolute Gasteiger partial charge is 0.497 e. The van der Waals surface area contributed by atoms with Crippen LogP contribution >= 0.6 is 0 Å². The van der Waals surface area contributed by atoms with Gasteiger partial charge in [0.2, 0.25) is 0 Å². The van der Waals surface area contributed by atoms with E-state index in [0.29, 0.717) is 5.92 Å². The van der Waals surface area contributed by atoms with Crippen LogP contribution in [0.15, 0.2) is 24.3 Å². The number of hydrogen-bond acceptors (Lipinski definition) is 2. The Morgan fingerprint density at radius 3 is 2.86 bits per heavy atom. The summed E-state index contributed by atoms with van der Waals surface area (Å²) in [5.41, 5.74) is 1.39. The molecule has 1 aliphatic rings. The maximum Gasteiger partial charge on any atom is 0.119 e. The van der Waals surface area contributed by atoms with Crippen LogP contribution < -0.4 is 10.1 Å². The molecule has 2 unspecified atom stereocenters. The van der Waals surface area contributed by atoms with Crippen molar-refractivity contribution in [2.45, 2.75) is 12.8 Å². The minimum Gasteiger partial charge on any atom is -0.497 e. The molecule has 2 atom stereocenters. The molecular weight excluding hydrogens is 174 g/mol. The molecule has 0 amide bonds. The SMILES string of the molecule is COc1cccc(C2CNCC2C)c1. The minimum atomic E-state index is 0.644. The minimum absolute atomic E-state index is 0.644. The van der Waals surface area contributed by atoms with E-state index in [0.717, 1.165) is 24.8 Å². The van der Waals surface area contributed by atoms with Crippen molar-refractivity contribution < 1.29 is 4.74 Å². The van der Waals surface area contributed by atoms with Crippen LogP contribution in [0.4, 0.5) is 0 Å². The van der Waals surface area contributed by atoms with Crippen molar-refractivity contribution >= 4 is 0 Å². The zero-order valence-electron chi connectivity index (χ0n) is 8.79. The Bertz CT molecular complexity index is 311. The van der Waals surface area contributed by atoms with E-state index in [2.05, 4.69) is 30.4 Å². The van der Waals surface area contributed by atoms with E-state index in [1.54, 1.807) is 7.11 Å². The van der Waals surface area contributed by atoms with Gasteiger partial charge in [-0.1, -0.05) is 19.1 Å². The molecule has 0 saturated carbocycles. The molecule has 2 rings (SSSR count). The Labute approximate surface area is 85.3 Å². The van der Waals surface area contributed by atoms with Crippen molar-refractivity contribution in [2.24, 2.45) is 5.92 Å². The van der Waals surface area contributed by atoms with E-state index >= 15 is 0 Å². The molecule has 76 valence electrons. The normalized spacial score (nSPS) is 26.4. The van der Waals surface area contributed by atoms with Crippen LogP contribution in [-0.4, -0.2) is 20.2 Å². The smallest absolute Gasteiger partial charge is 0.119 e. The highest BCUT2D eigenvalue weighted by Gasteiger charge is 2.24. The van der Waals surface area contributed by atoms with Gasteiger partial charge in [-0.15, -0.1) is 0 Å². The van der Waals surface area contributed by atoms with Crippen LogP contribution in [0.3, 0.4) is 0 Å². The van der Waals surface area contributed by atoms with Crippen molar-refractivity contribution in [1.29, 1.82) is 0 Å². The van der Waals surface area contributed by atoms with E-state index in [9.17, 15) is 0 Å². The van der Waals surface area contributed by atoms with Gasteiger partial charge < -0.3 is 10.1 Å². The molecule has 2 heteroatoms. The standard InChI is InChI=1S/C12H17NO/c1-9-7-13-8-12(9)10-4-3-5-11(6-10)14-2/h3-6,9,12-13H,7-8H2,1-2H3. The molecule has 1 saturated heterocycles. The van der Waals surface area contributed by atoms with Crippen molar-refractivity contribution in [2.75, 3.05) is 20.2 Å². The lowest BCUT2D eigenvalue weighted by Crippen LogP contribution is -2.08. The Morgan fingerprint density at radius 1 is 1.36 bits per heavy atom. The topological polar surface area (TPSA) is 21.3 Å². The zero-order chi connectivity index (χ0) is 9.97. The summed E-state index contributed by atoms with van der Waals surface area (Å²) in [4.78, 5) is 0. The fraction of sp³-hybridized carbons (Fsp3) is 0.500. The predicted molar refractivity (Wildman–Crippen MR) is 57.8 cm³/mol. The number of methoxy groups -OCH3 is 1. The second-order valence-electron chi connectivity index (χ2n) is 4.02. The van der Waals surface area contributed by atoms with Crippen LogP contribution in [-0.2, 0) is 0 Å². The molecule has 0 radical (unpaired) electrons. The van der Waals surface area contributed by atoms with Crippen LogP contribution in [0, 0.1) is 5.92 Å². The predicted octanol–water partition coefficient (Wildman–Crippen LogP) is 2.02. The fourth-order valence-corrected chi connectivity index (χ4v) is 2.13.